The summed E-state index contributed by atoms with van der Waals surface area (Å²) in [5.41, 5.74) is 2.35. The number of hydrogen-bond donors (Lipinski definition) is 0. The fourth-order valence-electron chi connectivity index (χ4n) is 3.01. The number of oxazole rings is 1. The van der Waals surface area contributed by atoms with E-state index in [9.17, 15) is 4.39 Å². The SMILES string of the molecule is Fc1cnccc1/C=C/c1nc(COc2ccc(CCCCn3ccnn3)cc2)co1. The molecular weight excluding hydrogens is 397 g/mol. The van der Waals surface area contributed by atoms with Gasteiger partial charge in [-0.25, -0.2) is 9.37 Å². The number of pyridine rings is 1. The lowest BCUT2D eigenvalue weighted by molar-refractivity contribution is 0.301. The molecule has 0 N–H and O–H groups in total. The van der Waals surface area contributed by atoms with Crippen LogP contribution in [0.25, 0.3) is 12.2 Å². The molecule has 0 fully saturated rings. The lowest BCUT2D eigenvalue weighted by Crippen LogP contribution is -1.99. The fraction of sp³-hybridized carbons (Fsp3) is 0.217. The predicted octanol–water partition coefficient (Wildman–Crippen LogP) is 4.57. The summed E-state index contributed by atoms with van der Waals surface area (Å²) < 4.78 is 26.6. The molecule has 0 bridgehead atoms. The van der Waals surface area contributed by atoms with Crippen LogP contribution in [-0.4, -0.2) is 25.0 Å². The van der Waals surface area contributed by atoms with Crippen LogP contribution >= 0.6 is 0 Å². The lowest BCUT2D eigenvalue weighted by Gasteiger charge is -2.06. The Kier molecular flexibility index (Phi) is 6.79. The zero-order valence-electron chi connectivity index (χ0n) is 16.9. The van der Waals surface area contributed by atoms with Crippen LogP contribution in [0, 0.1) is 5.82 Å². The summed E-state index contributed by atoms with van der Waals surface area (Å²) in [6.07, 6.45) is 14.1. The third-order valence-electron chi connectivity index (χ3n) is 4.66. The largest absolute Gasteiger partial charge is 0.487 e. The van der Waals surface area contributed by atoms with Gasteiger partial charge in [0.25, 0.3) is 0 Å². The fourth-order valence-corrected chi connectivity index (χ4v) is 3.01. The van der Waals surface area contributed by atoms with E-state index < -0.39 is 5.82 Å². The first kappa shape index (κ1) is 20.5. The molecule has 0 saturated heterocycles. The maximum absolute atomic E-state index is 13.6. The molecule has 3 aromatic heterocycles. The van der Waals surface area contributed by atoms with E-state index in [0.717, 1.165) is 31.6 Å². The number of unbranched alkanes of at least 4 members (excludes halogenated alkanes) is 1. The molecule has 0 saturated carbocycles. The van der Waals surface area contributed by atoms with Gasteiger partial charge in [-0.2, -0.15) is 0 Å². The second kappa shape index (κ2) is 10.3. The first-order chi connectivity index (χ1) is 15.3. The second-order valence-electron chi connectivity index (χ2n) is 6.96. The molecule has 0 aliphatic rings. The summed E-state index contributed by atoms with van der Waals surface area (Å²) in [5, 5.41) is 7.77. The standard InChI is InChI=1S/C23H22FN5O2/c24-22-15-25-11-10-19(22)6-9-23-27-20(17-31-23)16-30-21-7-4-18(5-8-21)3-1-2-13-29-14-12-26-28-29/h4-12,14-15,17H,1-3,13,16H2/b9-6+. The van der Waals surface area contributed by atoms with Gasteiger partial charge in [0, 0.05) is 30.6 Å². The van der Waals surface area contributed by atoms with Gasteiger partial charge in [0.05, 0.1) is 12.4 Å². The van der Waals surface area contributed by atoms with Gasteiger partial charge in [-0.1, -0.05) is 17.3 Å². The van der Waals surface area contributed by atoms with E-state index in [1.807, 2.05) is 23.0 Å². The number of aromatic nitrogens is 5. The van der Waals surface area contributed by atoms with Crippen molar-refractivity contribution >= 4 is 12.2 Å². The number of rotatable bonds is 10. The first-order valence-corrected chi connectivity index (χ1v) is 10.0. The van der Waals surface area contributed by atoms with Crippen LogP contribution in [-0.2, 0) is 19.6 Å². The topological polar surface area (TPSA) is 78.9 Å². The molecule has 0 unspecified atom stereocenters. The van der Waals surface area contributed by atoms with Crippen molar-refractivity contribution in [2.24, 2.45) is 0 Å². The van der Waals surface area contributed by atoms with E-state index in [1.165, 1.54) is 24.2 Å². The summed E-state index contributed by atoms with van der Waals surface area (Å²) >= 11 is 0. The van der Waals surface area contributed by atoms with E-state index in [0.29, 0.717) is 17.1 Å². The van der Waals surface area contributed by atoms with Crippen molar-refractivity contribution in [2.45, 2.75) is 32.4 Å². The van der Waals surface area contributed by atoms with Gasteiger partial charge in [-0.3, -0.25) is 9.67 Å². The van der Waals surface area contributed by atoms with Crippen molar-refractivity contribution in [3.63, 3.8) is 0 Å². The van der Waals surface area contributed by atoms with Crippen LogP contribution < -0.4 is 4.74 Å². The summed E-state index contributed by atoms with van der Waals surface area (Å²) in [7, 11) is 0. The van der Waals surface area contributed by atoms with Crippen LogP contribution in [0.1, 0.15) is 35.6 Å². The highest BCUT2D eigenvalue weighted by Gasteiger charge is 2.04. The highest BCUT2D eigenvalue weighted by atomic mass is 19.1. The molecule has 0 aliphatic carbocycles. The highest BCUT2D eigenvalue weighted by molar-refractivity contribution is 5.65. The Hall–Kier alpha value is -3.81. The Labute approximate surface area is 179 Å². The normalized spacial score (nSPS) is 11.3. The van der Waals surface area contributed by atoms with E-state index in [1.54, 1.807) is 24.4 Å². The van der Waals surface area contributed by atoms with Gasteiger partial charge in [0.2, 0.25) is 5.89 Å². The van der Waals surface area contributed by atoms with E-state index in [-0.39, 0.29) is 6.61 Å². The van der Waals surface area contributed by atoms with Crippen LogP contribution in [0.2, 0.25) is 0 Å². The Morgan fingerprint density at radius 2 is 1.97 bits per heavy atom. The second-order valence-corrected chi connectivity index (χ2v) is 6.96. The number of aryl methyl sites for hydroxylation is 2. The molecule has 8 heteroatoms. The lowest BCUT2D eigenvalue weighted by atomic mass is 10.1. The van der Waals surface area contributed by atoms with E-state index in [4.69, 9.17) is 9.15 Å². The molecule has 7 nitrogen and oxygen atoms in total. The number of halogens is 1. The molecule has 0 atom stereocenters. The predicted molar refractivity (Wildman–Crippen MR) is 113 cm³/mol. The zero-order chi connectivity index (χ0) is 21.3. The molecule has 0 amide bonds. The number of hydrogen-bond acceptors (Lipinski definition) is 6. The van der Waals surface area contributed by atoms with Crippen molar-refractivity contribution in [3.8, 4) is 5.75 Å². The minimum Gasteiger partial charge on any atom is -0.487 e. The average Bonchev–Trinajstić information content (AvgIpc) is 3.48. The highest BCUT2D eigenvalue weighted by Crippen LogP contribution is 2.16. The molecule has 3 heterocycles. The third kappa shape index (κ3) is 6.08. The summed E-state index contributed by atoms with van der Waals surface area (Å²) in [4.78, 5) is 8.05. The molecule has 31 heavy (non-hydrogen) atoms. The first-order valence-electron chi connectivity index (χ1n) is 10.0. The van der Waals surface area contributed by atoms with Gasteiger partial charge in [0.1, 0.15) is 30.1 Å². The monoisotopic (exact) mass is 419 g/mol. The Balaban J connectivity index is 1.22. The minimum atomic E-state index is -0.396. The van der Waals surface area contributed by atoms with Crippen molar-refractivity contribution < 1.29 is 13.5 Å². The van der Waals surface area contributed by atoms with Gasteiger partial charge in [0.15, 0.2) is 0 Å². The summed E-state index contributed by atoms with van der Waals surface area (Å²) in [6, 6.07) is 9.65. The molecule has 0 radical (unpaired) electrons. The molecule has 4 rings (SSSR count). The number of benzene rings is 1. The molecule has 4 aromatic rings. The van der Waals surface area contributed by atoms with Crippen molar-refractivity contribution in [1.82, 2.24) is 25.0 Å². The van der Waals surface area contributed by atoms with Crippen LogP contribution in [0.3, 0.4) is 0 Å². The average molecular weight is 419 g/mol. The summed E-state index contributed by atoms with van der Waals surface area (Å²) in [6.45, 7) is 1.17. The van der Waals surface area contributed by atoms with Crippen LogP contribution in [0.5, 0.6) is 5.75 Å². The molecule has 0 aliphatic heterocycles. The maximum Gasteiger partial charge on any atom is 0.218 e. The zero-order valence-corrected chi connectivity index (χ0v) is 16.9. The number of nitrogens with zero attached hydrogens (tertiary/aromatic N) is 5. The van der Waals surface area contributed by atoms with Gasteiger partial charge >= 0.3 is 0 Å². The third-order valence-corrected chi connectivity index (χ3v) is 4.66. The van der Waals surface area contributed by atoms with Gasteiger partial charge in [-0.15, -0.1) is 5.10 Å². The Morgan fingerprint density at radius 1 is 1.06 bits per heavy atom. The Morgan fingerprint density at radius 3 is 2.77 bits per heavy atom. The van der Waals surface area contributed by atoms with Crippen molar-refractivity contribution in [1.29, 1.82) is 0 Å². The molecule has 158 valence electrons. The molecule has 0 spiro atoms. The van der Waals surface area contributed by atoms with Crippen LogP contribution in [0.4, 0.5) is 4.39 Å². The molecule has 1 aromatic carbocycles. The van der Waals surface area contributed by atoms with E-state index in [2.05, 4.69) is 32.4 Å². The quantitative estimate of drug-likeness (QED) is 0.350. The summed E-state index contributed by atoms with van der Waals surface area (Å²) in [5.74, 6) is 0.758. The van der Waals surface area contributed by atoms with E-state index >= 15 is 0 Å². The molecular formula is C23H22FN5O2. The van der Waals surface area contributed by atoms with Crippen molar-refractivity contribution in [3.05, 3.63) is 89.9 Å². The van der Waals surface area contributed by atoms with Gasteiger partial charge in [-0.05, 0) is 49.1 Å². The minimum absolute atomic E-state index is 0.290. The van der Waals surface area contributed by atoms with Crippen molar-refractivity contribution in [2.75, 3.05) is 0 Å². The maximum atomic E-state index is 13.6. The van der Waals surface area contributed by atoms with Crippen LogP contribution in [0.15, 0.2) is 65.8 Å². The smallest absolute Gasteiger partial charge is 0.218 e. The van der Waals surface area contributed by atoms with Gasteiger partial charge < -0.3 is 9.15 Å². The number of ether oxygens (including phenoxy) is 1. The Bertz CT molecular complexity index is 1110.